The van der Waals surface area contributed by atoms with Crippen molar-refractivity contribution in [3.8, 4) is 11.5 Å². The van der Waals surface area contributed by atoms with Crippen molar-refractivity contribution in [1.82, 2.24) is 4.31 Å². The van der Waals surface area contributed by atoms with E-state index in [1.165, 1.54) is 24.6 Å². The highest BCUT2D eigenvalue weighted by Gasteiger charge is 2.41. The maximum atomic E-state index is 12.9. The molecule has 7 nitrogen and oxygen atoms in total. The number of carboxylic acid groups (broad SMARTS) is 1. The van der Waals surface area contributed by atoms with Gasteiger partial charge in [0.15, 0.2) is 11.5 Å². The van der Waals surface area contributed by atoms with Crippen LogP contribution in [0.1, 0.15) is 12.5 Å². The Kier molecular flexibility index (Phi) is 4.86. The number of aryl methyl sites for hydroxylation is 1. The Morgan fingerprint density at radius 3 is 2.26 bits per heavy atom. The summed E-state index contributed by atoms with van der Waals surface area (Å²) in [6.45, 7) is 3.58. The molecule has 0 spiro atoms. The average molecular weight is 343 g/mol. The minimum atomic E-state index is -3.79. The standard InChI is InChI=1S/C15H21NO6S/c1-9-5-12(21-3)13(22-4)6-14(9)23(19,20)16-7-10(2)11(8-16)15(17)18/h5-6,10-11H,7-8H2,1-4H3,(H,17,18)/t10-,11-/m1/s1. The number of rotatable bonds is 5. The van der Waals surface area contributed by atoms with Gasteiger partial charge in [0, 0.05) is 19.2 Å². The summed E-state index contributed by atoms with van der Waals surface area (Å²) >= 11 is 0. The quantitative estimate of drug-likeness (QED) is 0.867. The van der Waals surface area contributed by atoms with Crippen LogP contribution in [0.15, 0.2) is 17.0 Å². The van der Waals surface area contributed by atoms with Gasteiger partial charge in [0.1, 0.15) is 0 Å². The zero-order chi connectivity index (χ0) is 17.4. The van der Waals surface area contributed by atoms with Crippen molar-refractivity contribution in [3.63, 3.8) is 0 Å². The fourth-order valence-corrected chi connectivity index (χ4v) is 4.61. The number of benzene rings is 1. The molecule has 0 aliphatic carbocycles. The van der Waals surface area contributed by atoms with Crippen molar-refractivity contribution in [2.75, 3.05) is 27.3 Å². The summed E-state index contributed by atoms with van der Waals surface area (Å²) in [5, 5.41) is 9.18. The van der Waals surface area contributed by atoms with E-state index in [-0.39, 0.29) is 23.9 Å². The first-order valence-electron chi connectivity index (χ1n) is 7.18. The first-order chi connectivity index (χ1) is 10.7. The number of carbonyl (C=O) groups is 1. The molecule has 1 aliphatic rings. The Labute approximate surface area is 135 Å². The van der Waals surface area contributed by atoms with E-state index in [1.807, 2.05) is 0 Å². The third kappa shape index (κ3) is 3.13. The topological polar surface area (TPSA) is 93.1 Å². The predicted octanol–water partition coefficient (Wildman–Crippen LogP) is 1.35. The maximum Gasteiger partial charge on any atom is 0.308 e. The predicted molar refractivity (Wildman–Crippen MR) is 83.3 cm³/mol. The summed E-state index contributed by atoms with van der Waals surface area (Å²) in [6.07, 6.45) is 0. The van der Waals surface area contributed by atoms with E-state index >= 15 is 0 Å². The van der Waals surface area contributed by atoms with Gasteiger partial charge in [0.25, 0.3) is 0 Å². The second kappa shape index (κ2) is 6.37. The third-order valence-corrected chi connectivity index (χ3v) is 6.17. The molecule has 0 aromatic heterocycles. The number of nitrogens with zero attached hydrogens (tertiary/aromatic N) is 1. The zero-order valence-electron chi connectivity index (χ0n) is 13.6. The minimum Gasteiger partial charge on any atom is -0.493 e. The number of hydrogen-bond donors (Lipinski definition) is 1. The van der Waals surface area contributed by atoms with Gasteiger partial charge in [0.2, 0.25) is 10.0 Å². The summed E-state index contributed by atoms with van der Waals surface area (Å²) in [6, 6.07) is 3.02. The SMILES string of the molecule is COc1cc(C)c(S(=O)(=O)N2C[C@@H](C)[C@H](C(=O)O)C2)cc1OC. The largest absolute Gasteiger partial charge is 0.493 e. The molecule has 1 saturated heterocycles. The third-order valence-electron chi connectivity index (χ3n) is 4.19. The van der Waals surface area contributed by atoms with Gasteiger partial charge in [-0.1, -0.05) is 6.92 Å². The van der Waals surface area contributed by atoms with Crippen LogP contribution in [0, 0.1) is 18.8 Å². The lowest BCUT2D eigenvalue weighted by Crippen LogP contribution is -2.30. The van der Waals surface area contributed by atoms with Crippen molar-refractivity contribution in [3.05, 3.63) is 17.7 Å². The molecular formula is C15H21NO6S. The van der Waals surface area contributed by atoms with Crippen LogP contribution in [0.2, 0.25) is 0 Å². The van der Waals surface area contributed by atoms with Gasteiger partial charge in [0.05, 0.1) is 25.0 Å². The molecule has 8 heteroatoms. The van der Waals surface area contributed by atoms with Crippen molar-refractivity contribution in [2.45, 2.75) is 18.7 Å². The summed E-state index contributed by atoms with van der Waals surface area (Å²) in [4.78, 5) is 11.3. The van der Waals surface area contributed by atoms with E-state index in [1.54, 1.807) is 19.9 Å². The molecule has 0 amide bonds. The number of methoxy groups -OCH3 is 2. The molecule has 128 valence electrons. The van der Waals surface area contributed by atoms with Crippen molar-refractivity contribution < 1.29 is 27.8 Å². The van der Waals surface area contributed by atoms with Gasteiger partial charge in [-0.2, -0.15) is 4.31 Å². The van der Waals surface area contributed by atoms with Crippen LogP contribution in [0.4, 0.5) is 0 Å². The highest BCUT2D eigenvalue weighted by atomic mass is 32.2. The molecule has 1 fully saturated rings. The molecule has 1 aromatic carbocycles. The van der Waals surface area contributed by atoms with Gasteiger partial charge in [-0.25, -0.2) is 8.42 Å². The lowest BCUT2D eigenvalue weighted by atomic mass is 9.99. The number of aliphatic carboxylic acids is 1. The first-order valence-corrected chi connectivity index (χ1v) is 8.62. The fraction of sp³-hybridized carbons (Fsp3) is 0.533. The van der Waals surface area contributed by atoms with Crippen LogP contribution in [0.3, 0.4) is 0 Å². The molecule has 1 N–H and O–H groups in total. The van der Waals surface area contributed by atoms with Crippen LogP contribution in [-0.4, -0.2) is 51.1 Å². The molecule has 2 rings (SSSR count). The van der Waals surface area contributed by atoms with Gasteiger partial charge in [-0.05, 0) is 24.5 Å². The monoisotopic (exact) mass is 343 g/mol. The highest BCUT2D eigenvalue weighted by molar-refractivity contribution is 7.89. The van der Waals surface area contributed by atoms with E-state index in [2.05, 4.69) is 0 Å². The van der Waals surface area contributed by atoms with E-state index in [4.69, 9.17) is 9.47 Å². The van der Waals surface area contributed by atoms with Crippen LogP contribution in [-0.2, 0) is 14.8 Å². The second-order valence-electron chi connectivity index (χ2n) is 5.72. The van der Waals surface area contributed by atoms with Crippen molar-refractivity contribution >= 4 is 16.0 Å². The van der Waals surface area contributed by atoms with E-state index < -0.39 is 21.9 Å². The summed E-state index contributed by atoms with van der Waals surface area (Å²) in [7, 11) is -0.882. The molecule has 0 bridgehead atoms. The summed E-state index contributed by atoms with van der Waals surface area (Å²) in [5.41, 5.74) is 0.522. The van der Waals surface area contributed by atoms with Crippen LogP contribution in [0.25, 0.3) is 0 Å². The lowest BCUT2D eigenvalue weighted by Gasteiger charge is -2.19. The lowest BCUT2D eigenvalue weighted by molar-refractivity contribution is -0.142. The summed E-state index contributed by atoms with van der Waals surface area (Å²) in [5.74, 6) is -1.13. The molecule has 0 saturated carbocycles. The fourth-order valence-electron chi connectivity index (χ4n) is 2.82. The van der Waals surface area contributed by atoms with Gasteiger partial charge < -0.3 is 14.6 Å². The highest BCUT2D eigenvalue weighted by Crippen LogP contribution is 2.35. The normalized spacial score (nSPS) is 22.1. The van der Waals surface area contributed by atoms with E-state index in [0.717, 1.165) is 0 Å². The molecule has 0 unspecified atom stereocenters. The Bertz CT molecular complexity index is 715. The smallest absolute Gasteiger partial charge is 0.308 e. The van der Waals surface area contributed by atoms with Gasteiger partial charge in [-0.3, -0.25) is 4.79 Å². The van der Waals surface area contributed by atoms with E-state index in [0.29, 0.717) is 17.1 Å². The molecule has 1 heterocycles. The van der Waals surface area contributed by atoms with Crippen LogP contribution >= 0.6 is 0 Å². The second-order valence-corrected chi connectivity index (χ2v) is 7.62. The van der Waals surface area contributed by atoms with Crippen LogP contribution < -0.4 is 9.47 Å². The first kappa shape index (κ1) is 17.6. The summed E-state index contributed by atoms with van der Waals surface area (Å²) < 4.78 is 37.3. The zero-order valence-corrected chi connectivity index (χ0v) is 14.4. The van der Waals surface area contributed by atoms with Gasteiger partial charge in [-0.15, -0.1) is 0 Å². The molecule has 1 aromatic rings. The maximum absolute atomic E-state index is 12.9. The number of sulfonamides is 1. The van der Waals surface area contributed by atoms with E-state index in [9.17, 15) is 18.3 Å². The number of hydrogen-bond acceptors (Lipinski definition) is 5. The Morgan fingerprint density at radius 1 is 1.22 bits per heavy atom. The van der Waals surface area contributed by atoms with Crippen LogP contribution in [0.5, 0.6) is 11.5 Å². The average Bonchev–Trinajstić information content (AvgIpc) is 2.89. The molecule has 23 heavy (non-hydrogen) atoms. The number of ether oxygens (including phenoxy) is 2. The molecule has 2 atom stereocenters. The Hall–Kier alpha value is -1.80. The van der Waals surface area contributed by atoms with Crippen molar-refractivity contribution in [1.29, 1.82) is 0 Å². The molecule has 1 aliphatic heterocycles. The van der Waals surface area contributed by atoms with Crippen molar-refractivity contribution in [2.24, 2.45) is 11.8 Å². The number of carboxylic acids is 1. The Balaban J connectivity index is 2.43. The molecule has 0 radical (unpaired) electrons. The minimum absolute atomic E-state index is 0.0212. The molecular weight excluding hydrogens is 322 g/mol. The Morgan fingerprint density at radius 2 is 1.78 bits per heavy atom. The van der Waals surface area contributed by atoms with Gasteiger partial charge >= 0.3 is 5.97 Å².